The molecule has 6 rings (SSSR count). The first-order chi connectivity index (χ1) is 18.1. The lowest BCUT2D eigenvalue weighted by molar-refractivity contribution is 0.0535. The molecular formula is C27H29N7O3. The highest BCUT2D eigenvalue weighted by Crippen LogP contribution is 2.30. The number of anilines is 1. The van der Waals surface area contributed by atoms with Crippen LogP contribution in [0, 0.1) is 18.3 Å². The number of morpholine rings is 1. The summed E-state index contributed by atoms with van der Waals surface area (Å²) in [4.78, 5) is 21.0. The van der Waals surface area contributed by atoms with Crippen LogP contribution in [0.4, 0.5) is 5.69 Å². The number of nitrogens with zero attached hydrogens (tertiary/aromatic N) is 6. The first kappa shape index (κ1) is 23.6. The number of ether oxygens (including phenoxy) is 2. The van der Waals surface area contributed by atoms with Crippen LogP contribution in [-0.2, 0) is 22.6 Å². The summed E-state index contributed by atoms with van der Waals surface area (Å²) in [7, 11) is 0. The Morgan fingerprint density at radius 3 is 2.92 bits per heavy atom. The lowest BCUT2D eigenvalue weighted by atomic mass is 9.93. The highest BCUT2D eigenvalue weighted by atomic mass is 16.5. The third-order valence-electron chi connectivity index (χ3n) is 7.46. The van der Waals surface area contributed by atoms with E-state index in [1.54, 1.807) is 10.9 Å². The number of pyridine rings is 1. The minimum absolute atomic E-state index is 0.182. The Kier molecular flexibility index (Phi) is 6.34. The molecule has 1 atom stereocenters. The van der Waals surface area contributed by atoms with Crippen LogP contribution < -0.4 is 10.2 Å². The Labute approximate surface area is 215 Å². The van der Waals surface area contributed by atoms with Crippen LogP contribution in [0.25, 0.3) is 5.82 Å². The smallest absolute Gasteiger partial charge is 0.338 e. The van der Waals surface area contributed by atoms with Crippen molar-refractivity contribution in [3.63, 3.8) is 0 Å². The van der Waals surface area contributed by atoms with E-state index in [0.717, 1.165) is 61.6 Å². The standard InChI is InChI=1S/C27H29N7O3/c1-18-21(2-3-22-23(18)17-37-27(22)35)24-16-32(5-4-29-24)14-19-12-31-34(15-19)26-10-25(20(11-28)13-30-26)33-6-8-36-9-7-33/h2-3,10,12-13,15,24,29H,4-9,14,16-17H2,1H3/t24-/m0/s1. The van der Waals surface area contributed by atoms with Gasteiger partial charge in [0.25, 0.3) is 0 Å². The number of esters is 1. The lowest BCUT2D eigenvalue weighted by Gasteiger charge is -2.34. The number of hydrogen-bond acceptors (Lipinski definition) is 9. The molecule has 0 saturated carbocycles. The minimum Gasteiger partial charge on any atom is -0.457 e. The summed E-state index contributed by atoms with van der Waals surface area (Å²) in [5, 5.41) is 17.8. The van der Waals surface area contributed by atoms with Crippen LogP contribution in [0.15, 0.2) is 36.8 Å². The Morgan fingerprint density at radius 2 is 2.08 bits per heavy atom. The zero-order chi connectivity index (χ0) is 25.4. The number of hydrogen-bond donors (Lipinski definition) is 1. The molecule has 10 nitrogen and oxygen atoms in total. The van der Waals surface area contributed by atoms with Crippen LogP contribution >= 0.6 is 0 Å². The van der Waals surface area contributed by atoms with Crippen molar-refractivity contribution in [1.82, 2.24) is 25.0 Å². The number of benzene rings is 1. The zero-order valence-electron chi connectivity index (χ0n) is 20.8. The van der Waals surface area contributed by atoms with Gasteiger partial charge in [-0.05, 0) is 24.1 Å². The molecule has 37 heavy (non-hydrogen) atoms. The van der Waals surface area contributed by atoms with Gasteiger partial charge in [0.2, 0.25) is 0 Å². The van der Waals surface area contributed by atoms with Crippen molar-refractivity contribution in [2.75, 3.05) is 50.8 Å². The number of nitriles is 1. The fraction of sp³-hybridized carbons (Fsp3) is 0.407. The number of fused-ring (bicyclic) bond motifs is 1. The summed E-state index contributed by atoms with van der Waals surface area (Å²) in [5.74, 6) is 0.462. The summed E-state index contributed by atoms with van der Waals surface area (Å²) in [6.07, 6.45) is 5.52. The van der Waals surface area contributed by atoms with Crippen molar-refractivity contribution < 1.29 is 14.3 Å². The molecule has 0 radical (unpaired) electrons. The van der Waals surface area contributed by atoms with E-state index in [2.05, 4.69) is 44.3 Å². The Bertz CT molecular complexity index is 1370. The van der Waals surface area contributed by atoms with Gasteiger partial charge in [-0.15, -0.1) is 0 Å². The number of carbonyl (C=O) groups is 1. The van der Waals surface area contributed by atoms with Crippen molar-refractivity contribution in [3.8, 4) is 11.9 Å². The van der Waals surface area contributed by atoms with E-state index in [9.17, 15) is 10.1 Å². The predicted molar refractivity (Wildman–Crippen MR) is 135 cm³/mol. The first-order valence-corrected chi connectivity index (χ1v) is 12.6. The number of cyclic esters (lactones) is 1. The monoisotopic (exact) mass is 499 g/mol. The van der Waals surface area contributed by atoms with Gasteiger partial charge in [0.05, 0.1) is 36.2 Å². The maximum Gasteiger partial charge on any atom is 0.338 e. The number of carbonyl (C=O) groups excluding carboxylic acids is 1. The molecule has 2 aromatic heterocycles. The van der Waals surface area contributed by atoms with Gasteiger partial charge in [-0.25, -0.2) is 14.5 Å². The number of nitrogens with one attached hydrogen (secondary N) is 1. The fourth-order valence-corrected chi connectivity index (χ4v) is 5.44. The van der Waals surface area contributed by atoms with Crippen molar-refractivity contribution in [2.24, 2.45) is 0 Å². The van der Waals surface area contributed by atoms with Crippen molar-refractivity contribution in [2.45, 2.75) is 26.1 Å². The van der Waals surface area contributed by atoms with Crippen LogP contribution in [-0.4, -0.2) is 71.6 Å². The highest BCUT2D eigenvalue weighted by Gasteiger charge is 2.28. The molecule has 0 amide bonds. The van der Waals surface area contributed by atoms with Crippen LogP contribution in [0.5, 0.6) is 0 Å². The molecule has 1 aromatic carbocycles. The molecule has 2 saturated heterocycles. The van der Waals surface area contributed by atoms with Gasteiger partial charge in [0, 0.05) is 74.9 Å². The van der Waals surface area contributed by atoms with Gasteiger partial charge < -0.3 is 19.7 Å². The molecule has 3 aromatic rings. The molecule has 1 N–H and O–H groups in total. The van der Waals surface area contributed by atoms with Gasteiger partial charge in [-0.1, -0.05) is 6.07 Å². The molecule has 0 unspecified atom stereocenters. The molecule has 190 valence electrons. The third-order valence-corrected chi connectivity index (χ3v) is 7.46. The molecule has 2 fully saturated rings. The summed E-state index contributed by atoms with van der Waals surface area (Å²) in [6.45, 7) is 8.69. The molecule has 0 spiro atoms. The Morgan fingerprint density at radius 1 is 1.22 bits per heavy atom. The van der Waals surface area contributed by atoms with E-state index in [1.165, 1.54) is 5.56 Å². The molecular weight excluding hydrogens is 470 g/mol. The lowest BCUT2D eigenvalue weighted by Crippen LogP contribution is -2.45. The van der Waals surface area contributed by atoms with Crippen molar-refractivity contribution in [1.29, 1.82) is 5.26 Å². The molecule has 3 aliphatic rings. The SMILES string of the molecule is Cc1c([C@@H]2CN(Cc3cnn(-c4cc(N5CCOCC5)c(C#N)cn4)c3)CCN2)ccc2c1COC2=O. The molecule has 10 heteroatoms. The summed E-state index contributed by atoms with van der Waals surface area (Å²) in [5.41, 5.74) is 6.58. The summed E-state index contributed by atoms with van der Waals surface area (Å²) < 4.78 is 12.5. The fourth-order valence-electron chi connectivity index (χ4n) is 5.44. The zero-order valence-corrected chi connectivity index (χ0v) is 20.8. The van der Waals surface area contributed by atoms with E-state index in [1.807, 2.05) is 24.5 Å². The summed E-state index contributed by atoms with van der Waals surface area (Å²) >= 11 is 0. The largest absolute Gasteiger partial charge is 0.457 e. The average Bonchev–Trinajstić information content (AvgIpc) is 3.56. The van der Waals surface area contributed by atoms with E-state index in [4.69, 9.17) is 9.47 Å². The van der Waals surface area contributed by atoms with Crippen LogP contribution in [0.2, 0.25) is 0 Å². The minimum atomic E-state index is -0.228. The maximum absolute atomic E-state index is 11.9. The molecule has 3 aliphatic heterocycles. The first-order valence-electron chi connectivity index (χ1n) is 12.6. The van der Waals surface area contributed by atoms with E-state index < -0.39 is 0 Å². The molecule has 0 aliphatic carbocycles. The van der Waals surface area contributed by atoms with Gasteiger partial charge >= 0.3 is 5.97 Å². The summed E-state index contributed by atoms with van der Waals surface area (Å²) in [6, 6.07) is 8.33. The highest BCUT2D eigenvalue weighted by molar-refractivity contribution is 5.94. The molecule has 0 bridgehead atoms. The molecule has 5 heterocycles. The van der Waals surface area contributed by atoms with Crippen molar-refractivity contribution in [3.05, 3.63) is 70.2 Å². The second-order valence-corrected chi connectivity index (χ2v) is 9.69. The van der Waals surface area contributed by atoms with Gasteiger partial charge in [-0.2, -0.15) is 10.4 Å². The van der Waals surface area contributed by atoms with Gasteiger partial charge in [0.15, 0.2) is 5.82 Å². The number of piperazine rings is 1. The quantitative estimate of drug-likeness (QED) is 0.528. The Balaban J connectivity index is 1.17. The topological polar surface area (TPSA) is 109 Å². The second-order valence-electron chi connectivity index (χ2n) is 9.69. The van der Waals surface area contributed by atoms with E-state index >= 15 is 0 Å². The van der Waals surface area contributed by atoms with Crippen molar-refractivity contribution >= 4 is 11.7 Å². The van der Waals surface area contributed by atoms with E-state index in [0.29, 0.717) is 36.8 Å². The van der Waals surface area contributed by atoms with Crippen LogP contribution in [0.1, 0.15) is 44.2 Å². The number of rotatable bonds is 5. The normalized spacial score (nSPS) is 19.9. The number of aromatic nitrogens is 3. The Hall–Kier alpha value is -3.78. The maximum atomic E-state index is 11.9. The second kappa shape index (κ2) is 9.94. The predicted octanol–water partition coefficient (Wildman–Crippen LogP) is 2.10. The van der Waals surface area contributed by atoms with Gasteiger partial charge in [0.1, 0.15) is 12.7 Å². The third kappa shape index (κ3) is 4.57. The van der Waals surface area contributed by atoms with Crippen LogP contribution in [0.3, 0.4) is 0 Å². The van der Waals surface area contributed by atoms with Gasteiger partial charge in [-0.3, -0.25) is 4.90 Å². The average molecular weight is 500 g/mol. The van der Waals surface area contributed by atoms with E-state index in [-0.39, 0.29) is 12.0 Å².